The monoisotopic (exact) mass is 317 g/mol. The molecule has 2 rings (SSSR count). The van der Waals surface area contributed by atoms with Crippen LogP contribution in [0.25, 0.3) is 0 Å². The number of carbonyl (C=O) groups excluding carboxylic acids is 1. The fourth-order valence-electron chi connectivity index (χ4n) is 2.28. The van der Waals surface area contributed by atoms with E-state index in [1.54, 1.807) is 18.9 Å². The quantitative estimate of drug-likeness (QED) is 0.849. The van der Waals surface area contributed by atoms with E-state index in [2.05, 4.69) is 10.4 Å². The van der Waals surface area contributed by atoms with Crippen molar-refractivity contribution in [3.05, 3.63) is 41.7 Å². The van der Waals surface area contributed by atoms with E-state index >= 15 is 0 Å². The molecule has 0 bridgehead atoms. The lowest BCUT2D eigenvalue weighted by molar-refractivity contribution is -0.124. The van der Waals surface area contributed by atoms with Crippen LogP contribution in [0.5, 0.6) is 11.5 Å². The zero-order valence-corrected chi connectivity index (χ0v) is 14.0. The molecule has 0 aliphatic rings. The van der Waals surface area contributed by atoms with Crippen LogP contribution in [-0.2, 0) is 11.2 Å². The van der Waals surface area contributed by atoms with Crippen molar-refractivity contribution in [1.82, 2.24) is 15.1 Å². The normalized spacial score (nSPS) is 11.8. The van der Waals surface area contributed by atoms with Crippen molar-refractivity contribution in [2.45, 2.75) is 26.3 Å². The molecule has 1 N–H and O–H groups in total. The lowest BCUT2D eigenvalue weighted by Gasteiger charge is -2.13. The summed E-state index contributed by atoms with van der Waals surface area (Å²) in [6.45, 7) is 4.29. The average Bonchev–Trinajstić information content (AvgIpc) is 3.00. The zero-order chi connectivity index (χ0) is 16.8. The van der Waals surface area contributed by atoms with Crippen molar-refractivity contribution in [2.75, 3.05) is 20.8 Å². The van der Waals surface area contributed by atoms with Crippen LogP contribution < -0.4 is 14.8 Å². The second-order valence-corrected chi connectivity index (χ2v) is 5.34. The number of methoxy groups -OCH3 is 2. The van der Waals surface area contributed by atoms with Gasteiger partial charge in [0.05, 0.1) is 19.9 Å². The van der Waals surface area contributed by atoms with E-state index in [9.17, 15) is 4.79 Å². The van der Waals surface area contributed by atoms with Crippen molar-refractivity contribution < 1.29 is 14.3 Å². The van der Waals surface area contributed by atoms with E-state index in [1.807, 2.05) is 44.3 Å². The van der Waals surface area contributed by atoms with Gasteiger partial charge in [0, 0.05) is 12.7 Å². The van der Waals surface area contributed by atoms with Gasteiger partial charge in [-0.3, -0.25) is 9.48 Å². The fraction of sp³-hybridized carbons (Fsp3) is 0.412. The van der Waals surface area contributed by atoms with Crippen molar-refractivity contribution in [3.63, 3.8) is 0 Å². The van der Waals surface area contributed by atoms with E-state index in [0.717, 1.165) is 17.7 Å². The van der Waals surface area contributed by atoms with E-state index in [0.29, 0.717) is 18.0 Å². The Morgan fingerprint density at radius 2 is 2.00 bits per heavy atom. The van der Waals surface area contributed by atoms with Gasteiger partial charge in [0.25, 0.3) is 0 Å². The number of rotatable bonds is 7. The number of hydrogen-bond acceptors (Lipinski definition) is 4. The lowest BCUT2D eigenvalue weighted by atomic mass is 10.1. The standard InChI is InChI=1S/C17H23N3O3/c1-12-8-10-20(19-12)13(2)17(21)18-9-7-14-5-6-15(22-3)16(11-14)23-4/h5-6,8,10-11,13H,7,9H2,1-4H3,(H,18,21). The summed E-state index contributed by atoms with van der Waals surface area (Å²) in [5.41, 5.74) is 1.97. The second kappa shape index (κ2) is 7.67. The molecule has 124 valence electrons. The van der Waals surface area contributed by atoms with Crippen molar-refractivity contribution in [3.8, 4) is 11.5 Å². The molecule has 0 aliphatic carbocycles. The maximum absolute atomic E-state index is 12.1. The summed E-state index contributed by atoms with van der Waals surface area (Å²) in [5, 5.41) is 7.20. The first-order valence-electron chi connectivity index (χ1n) is 7.55. The summed E-state index contributed by atoms with van der Waals surface area (Å²) in [4.78, 5) is 12.1. The minimum atomic E-state index is -0.325. The molecule has 1 heterocycles. The molecule has 6 nitrogen and oxygen atoms in total. The van der Waals surface area contributed by atoms with E-state index in [-0.39, 0.29) is 11.9 Å². The van der Waals surface area contributed by atoms with Gasteiger partial charge in [-0.1, -0.05) is 6.07 Å². The van der Waals surface area contributed by atoms with Gasteiger partial charge < -0.3 is 14.8 Å². The minimum absolute atomic E-state index is 0.0476. The Kier molecular flexibility index (Phi) is 5.62. The number of amides is 1. The molecule has 1 amide bonds. The Morgan fingerprint density at radius 1 is 1.26 bits per heavy atom. The number of carbonyl (C=O) groups is 1. The minimum Gasteiger partial charge on any atom is -0.493 e. The van der Waals surface area contributed by atoms with E-state index < -0.39 is 0 Å². The molecule has 0 saturated carbocycles. The molecule has 1 aromatic carbocycles. The summed E-state index contributed by atoms with van der Waals surface area (Å²) in [6, 6.07) is 7.31. The van der Waals surface area contributed by atoms with Crippen LogP contribution in [0.4, 0.5) is 0 Å². The molecular weight excluding hydrogens is 294 g/mol. The molecule has 23 heavy (non-hydrogen) atoms. The predicted molar refractivity (Wildman–Crippen MR) is 87.9 cm³/mol. The maximum atomic E-state index is 12.1. The van der Waals surface area contributed by atoms with Gasteiger partial charge in [0.1, 0.15) is 6.04 Å². The molecule has 6 heteroatoms. The fourth-order valence-corrected chi connectivity index (χ4v) is 2.28. The van der Waals surface area contributed by atoms with Crippen LogP contribution in [0.3, 0.4) is 0 Å². The average molecular weight is 317 g/mol. The highest BCUT2D eigenvalue weighted by molar-refractivity contribution is 5.79. The van der Waals surface area contributed by atoms with E-state index in [4.69, 9.17) is 9.47 Å². The van der Waals surface area contributed by atoms with Gasteiger partial charge in [0.15, 0.2) is 11.5 Å². The first-order chi connectivity index (χ1) is 11.0. The number of ether oxygens (including phenoxy) is 2. The van der Waals surface area contributed by atoms with Crippen molar-refractivity contribution in [2.24, 2.45) is 0 Å². The van der Waals surface area contributed by atoms with Crippen LogP contribution >= 0.6 is 0 Å². The highest BCUT2D eigenvalue weighted by Gasteiger charge is 2.15. The third-order valence-electron chi connectivity index (χ3n) is 3.68. The SMILES string of the molecule is COc1ccc(CCNC(=O)C(C)n2ccc(C)n2)cc1OC. The first-order valence-corrected chi connectivity index (χ1v) is 7.55. The van der Waals surface area contributed by atoms with Crippen molar-refractivity contribution in [1.29, 1.82) is 0 Å². The van der Waals surface area contributed by atoms with Crippen molar-refractivity contribution >= 4 is 5.91 Å². The molecule has 0 saturated heterocycles. The van der Waals surface area contributed by atoms with Crippen LogP contribution in [-0.4, -0.2) is 36.5 Å². The third kappa shape index (κ3) is 4.25. The molecular formula is C17H23N3O3. The largest absolute Gasteiger partial charge is 0.493 e. The Labute approximate surface area is 136 Å². The van der Waals surface area contributed by atoms with Gasteiger partial charge >= 0.3 is 0 Å². The van der Waals surface area contributed by atoms with Gasteiger partial charge in [0.2, 0.25) is 5.91 Å². The summed E-state index contributed by atoms with van der Waals surface area (Å²) in [7, 11) is 3.22. The summed E-state index contributed by atoms with van der Waals surface area (Å²) in [5.74, 6) is 1.34. The summed E-state index contributed by atoms with van der Waals surface area (Å²) >= 11 is 0. The number of benzene rings is 1. The van der Waals surface area contributed by atoms with Crippen LogP contribution in [0, 0.1) is 6.92 Å². The predicted octanol–water partition coefficient (Wildman–Crippen LogP) is 2.13. The maximum Gasteiger partial charge on any atom is 0.244 e. The van der Waals surface area contributed by atoms with E-state index in [1.165, 1.54) is 0 Å². The Balaban J connectivity index is 1.88. The van der Waals surface area contributed by atoms with Gasteiger partial charge in [-0.25, -0.2) is 0 Å². The number of nitrogens with zero attached hydrogens (tertiary/aromatic N) is 2. The highest BCUT2D eigenvalue weighted by atomic mass is 16.5. The lowest BCUT2D eigenvalue weighted by Crippen LogP contribution is -2.32. The second-order valence-electron chi connectivity index (χ2n) is 5.34. The third-order valence-corrected chi connectivity index (χ3v) is 3.68. The molecule has 1 atom stereocenters. The summed E-state index contributed by atoms with van der Waals surface area (Å²) < 4.78 is 12.2. The van der Waals surface area contributed by atoms with Crippen LogP contribution in [0.1, 0.15) is 24.2 Å². The molecule has 2 aromatic rings. The van der Waals surface area contributed by atoms with Gasteiger partial charge in [-0.05, 0) is 44.0 Å². The first kappa shape index (κ1) is 16.9. The number of aromatic nitrogens is 2. The summed E-state index contributed by atoms with van der Waals surface area (Å²) in [6.07, 6.45) is 2.53. The molecule has 0 aliphatic heterocycles. The van der Waals surface area contributed by atoms with Crippen LogP contribution in [0.15, 0.2) is 30.5 Å². The molecule has 1 aromatic heterocycles. The topological polar surface area (TPSA) is 65.4 Å². The Hall–Kier alpha value is -2.50. The molecule has 0 fully saturated rings. The number of hydrogen-bond donors (Lipinski definition) is 1. The Morgan fingerprint density at radius 3 is 2.61 bits per heavy atom. The zero-order valence-electron chi connectivity index (χ0n) is 14.0. The van der Waals surface area contributed by atoms with Crippen LogP contribution in [0.2, 0.25) is 0 Å². The Bertz CT molecular complexity index is 667. The highest BCUT2D eigenvalue weighted by Crippen LogP contribution is 2.27. The number of aryl methyl sites for hydroxylation is 1. The van der Waals surface area contributed by atoms with Gasteiger partial charge in [-0.15, -0.1) is 0 Å². The van der Waals surface area contributed by atoms with Gasteiger partial charge in [-0.2, -0.15) is 5.10 Å². The number of nitrogens with one attached hydrogen (secondary N) is 1. The molecule has 0 spiro atoms. The molecule has 1 unspecified atom stereocenters. The smallest absolute Gasteiger partial charge is 0.244 e. The molecule has 0 radical (unpaired) electrons.